The molecular formula is C8H16N2. The molecule has 2 heteroatoms. The lowest BCUT2D eigenvalue weighted by Gasteiger charge is -2.14. The molecule has 0 aliphatic heterocycles. The summed E-state index contributed by atoms with van der Waals surface area (Å²) in [6.07, 6.45) is 7.44. The second-order valence-corrected chi connectivity index (χ2v) is 2.63. The highest BCUT2D eigenvalue weighted by atomic mass is 15.3. The Hall–Kier alpha value is -0.500. The molecule has 0 fully saturated rings. The molecule has 0 unspecified atom stereocenters. The van der Waals surface area contributed by atoms with E-state index in [0.29, 0.717) is 0 Å². The molecule has 10 heavy (non-hydrogen) atoms. The van der Waals surface area contributed by atoms with Crippen LogP contribution in [0.2, 0.25) is 0 Å². The zero-order valence-electron chi connectivity index (χ0n) is 6.61. The molecule has 1 aliphatic rings. The SMILES string of the molecule is CCNNC1=CCCCC1. The van der Waals surface area contributed by atoms with Gasteiger partial charge in [0, 0.05) is 12.2 Å². The van der Waals surface area contributed by atoms with Gasteiger partial charge in [-0.3, -0.25) is 0 Å². The Balaban J connectivity index is 2.18. The van der Waals surface area contributed by atoms with Gasteiger partial charge in [-0.15, -0.1) is 0 Å². The quantitative estimate of drug-likeness (QED) is 0.581. The largest absolute Gasteiger partial charge is 0.326 e. The van der Waals surface area contributed by atoms with Crippen molar-refractivity contribution in [2.24, 2.45) is 0 Å². The van der Waals surface area contributed by atoms with Crippen molar-refractivity contribution in [3.8, 4) is 0 Å². The van der Waals surface area contributed by atoms with Gasteiger partial charge in [-0.25, -0.2) is 5.43 Å². The van der Waals surface area contributed by atoms with Crippen LogP contribution in [0, 0.1) is 0 Å². The van der Waals surface area contributed by atoms with E-state index in [1.165, 1.54) is 31.4 Å². The van der Waals surface area contributed by atoms with E-state index >= 15 is 0 Å². The van der Waals surface area contributed by atoms with Gasteiger partial charge in [0.05, 0.1) is 0 Å². The molecule has 1 rings (SSSR count). The third-order valence-electron chi connectivity index (χ3n) is 1.72. The van der Waals surface area contributed by atoms with Crippen molar-refractivity contribution in [3.05, 3.63) is 11.8 Å². The van der Waals surface area contributed by atoms with Crippen molar-refractivity contribution in [2.45, 2.75) is 32.6 Å². The van der Waals surface area contributed by atoms with Gasteiger partial charge in [0.15, 0.2) is 0 Å². The molecule has 0 aromatic carbocycles. The summed E-state index contributed by atoms with van der Waals surface area (Å²) in [5.74, 6) is 0. The van der Waals surface area contributed by atoms with E-state index in [1.54, 1.807) is 0 Å². The Morgan fingerprint density at radius 2 is 2.40 bits per heavy atom. The van der Waals surface area contributed by atoms with Crippen LogP contribution in [0.1, 0.15) is 32.6 Å². The lowest BCUT2D eigenvalue weighted by molar-refractivity contribution is 0.565. The monoisotopic (exact) mass is 140 g/mol. The Labute approximate surface area is 62.7 Å². The maximum absolute atomic E-state index is 3.18. The number of hydrogen-bond donors (Lipinski definition) is 2. The summed E-state index contributed by atoms with van der Waals surface area (Å²) < 4.78 is 0. The highest BCUT2D eigenvalue weighted by molar-refractivity contribution is 5.01. The van der Waals surface area contributed by atoms with Gasteiger partial charge >= 0.3 is 0 Å². The Morgan fingerprint density at radius 3 is 3.00 bits per heavy atom. The first-order chi connectivity index (χ1) is 4.93. The summed E-state index contributed by atoms with van der Waals surface area (Å²) in [6.45, 7) is 3.08. The van der Waals surface area contributed by atoms with E-state index in [9.17, 15) is 0 Å². The zero-order valence-corrected chi connectivity index (χ0v) is 6.61. The van der Waals surface area contributed by atoms with Crippen LogP contribution >= 0.6 is 0 Å². The predicted octanol–water partition coefficient (Wildman–Crippen LogP) is 1.56. The fraction of sp³-hybridized carbons (Fsp3) is 0.750. The predicted molar refractivity (Wildman–Crippen MR) is 43.4 cm³/mol. The fourth-order valence-electron chi connectivity index (χ4n) is 1.15. The first kappa shape index (κ1) is 7.61. The average molecular weight is 140 g/mol. The molecule has 0 atom stereocenters. The average Bonchev–Trinajstić information content (AvgIpc) is 2.03. The first-order valence-electron chi connectivity index (χ1n) is 4.11. The van der Waals surface area contributed by atoms with Crippen LogP contribution in [0.5, 0.6) is 0 Å². The third-order valence-corrected chi connectivity index (χ3v) is 1.72. The zero-order chi connectivity index (χ0) is 7.23. The highest BCUT2D eigenvalue weighted by Gasteiger charge is 2.00. The number of nitrogens with one attached hydrogen (secondary N) is 2. The van der Waals surface area contributed by atoms with E-state index in [0.717, 1.165) is 6.54 Å². The van der Waals surface area contributed by atoms with E-state index in [1.807, 2.05) is 0 Å². The van der Waals surface area contributed by atoms with Gasteiger partial charge < -0.3 is 5.43 Å². The molecule has 58 valence electrons. The number of allylic oxidation sites excluding steroid dienone is 2. The minimum Gasteiger partial charge on any atom is -0.326 e. The van der Waals surface area contributed by atoms with Crippen molar-refractivity contribution in [3.63, 3.8) is 0 Å². The number of hydrogen-bond acceptors (Lipinski definition) is 2. The van der Waals surface area contributed by atoms with Crippen molar-refractivity contribution in [2.75, 3.05) is 6.54 Å². The van der Waals surface area contributed by atoms with Crippen LogP contribution in [0.15, 0.2) is 11.8 Å². The molecular weight excluding hydrogens is 124 g/mol. The molecule has 0 heterocycles. The van der Waals surface area contributed by atoms with Gasteiger partial charge in [0.1, 0.15) is 0 Å². The van der Waals surface area contributed by atoms with Crippen LogP contribution in [0.25, 0.3) is 0 Å². The summed E-state index contributed by atoms with van der Waals surface area (Å²) in [6, 6.07) is 0. The highest BCUT2D eigenvalue weighted by Crippen LogP contribution is 2.13. The molecule has 0 saturated heterocycles. The van der Waals surface area contributed by atoms with Crippen molar-refractivity contribution in [1.82, 2.24) is 10.9 Å². The number of hydrazine groups is 1. The number of rotatable bonds is 3. The molecule has 2 N–H and O–H groups in total. The van der Waals surface area contributed by atoms with Gasteiger partial charge in [-0.2, -0.15) is 0 Å². The lowest BCUT2D eigenvalue weighted by atomic mass is 10.1. The topological polar surface area (TPSA) is 24.1 Å². The summed E-state index contributed by atoms with van der Waals surface area (Å²) in [4.78, 5) is 0. The summed E-state index contributed by atoms with van der Waals surface area (Å²) in [5.41, 5.74) is 7.65. The van der Waals surface area contributed by atoms with Crippen LogP contribution < -0.4 is 10.9 Å². The maximum Gasteiger partial charge on any atom is 0.0222 e. The van der Waals surface area contributed by atoms with E-state index in [-0.39, 0.29) is 0 Å². The molecule has 0 saturated carbocycles. The summed E-state index contributed by atoms with van der Waals surface area (Å²) in [5, 5.41) is 0. The van der Waals surface area contributed by atoms with Crippen LogP contribution in [0.3, 0.4) is 0 Å². The van der Waals surface area contributed by atoms with E-state index in [2.05, 4.69) is 23.9 Å². The summed E-state index contributed by atoms with van der Waals surface area (Å²) in [7, 11) is 0. The minimum atomic E-state index is 0.983. The Morgan fingerprint density at radius 1 is 1.50 bits per heavy atom. The lowest BCUT2D eigenvalue weighted by Crippen LogP contribution is -2.31. The van der Waals surface area contributed by atoms with Gasteiger partial charge in [0.25, 0.3) is 0 Å². The van der Waals surface area contributed by atoms with Crippen LogP contribution in [0.4, 0.5) is 0 Å². The second kappa shape index (κ2) is 4.34. The Bertz CT molecular complexity index is 118. The molecule has 0 aromatic rings. The van der Waals surface area contributed by atoms with E-state index in [4.69, 9.17) is 0 Å². The molecule has 2 nitrogen and oxygen atoms in total. The van der Waals surface area contributed by atoms with Gasteiger partial charge in [-0.1, -0.05) is 13.0 Å². The van der Waals surface area contributed by atoms with Crippen LogP contribution in [-0.4, -0.2) is 6.54 Å². The first-order valence-corrected chi connectivity index (χ1v) is 4.11. The van der Waals surface area contributed by atoms with Gasteiger partial charge in [-0.05, 0) is 25.7 Å². The standard InChI is InChI=1S/C8H16N2/c1-2-9-10-8-6-4-3-5-7-8/h6,9-10H,2-5,7H2,1H3. The molecule has 0 bridgehead atoms. The van der Waals surface area contributed by atoms with Gasteiger partial charge in [0.2, 0.25) is 0 Å². The smallest absolute Gasteiger partial charge is 0.0222 e. The second-order valence-electron chi connectivity index (χ2n) is 2.63. The van der Waals surface area contributed by atoms with Crippen molar-refractivity contribution < 1.29 is 0 Å². The normalized spacial score (nSPS) is 18.3. The van der Waals surface area contributed by atoms with E-state index < -0.39 is 0 Å². The molecule has 0 aromatic heterocycles. The fourth-order valence-corrected chi connectivity index (χ4v) is 1.15. The van der Waals surface area contributed by atoms with Crippen molar-refractivity contribution in [1.29, 1.82) is 0 Å². The Kier molecular flexibility index (Phi) is 3.30. The summed E-state index contributed by atoms with van der Waals surface area (Å²) >= 11 is 0. The van der Waals surface area contributed by atoms with Crippen molar-refractivity contribution >= 4 is 0 Å². The maximum atomic E-state index is 3.18. The molecule has 1 aliphatic carbocycles. The molecule has 0 amide bonds. The molecule has 0 radical (unpaired) electrons. The van der Waals surface area contributed by atoms with Crippen LogP contribution in [-0.2, 0) is 0 Å². The third kappa shape index (κ3) is 2.40. The molecule has 0 spiro atoms. The minimum absolute atomic E-state index is 0.983.